The molecule has 2 rings (SSSR count). The highest BCUT2D eigenvalue weighted by Crippen LogP contribution is 2.13. The van der Waals surface area contributed by atoms with Gasteiger partial charge in [-0.3, -0.25) is 4.90 Å². The second-order valence-corrected chi connectivity index (χ2v) is 5.36. The molecule has 20 heavy (non-hydrogen) atoms. The molecule has 0 spiro atoms. The van der Waals surface area contributed by atoms with Gasteiger partial charge in [0.2, 0.25) is 0 Å². The summed E-state index contributed by atoms with van der Waals surface area (Å²) in [6.07, 6.45) is 1.63. The van der Waals surface area contributed by atoms with Crippen molar-refractivity contribution in [2.45, 2.75) is 32.5 Å². The maximum Gasteiger partial charge on any atom is 0.119 e. The standard InChI is InChI=1S/C16H22N2O2/c1-13-11-18(12-14(2)20-13)8-3-9-19-16-6-4-15(10-17)5-7-16/h4-7,13-14H,3,8-9,11-12H2,1-2H3/t13-,14+. The van der Waals surface area contributed by atoms with Crippen molar-refractivity contribution in [3.63, 3.8) is 0 Å². The monoisotopic (exact) mass is 274 g/mol. The molecule has 4 heteroatoms. The van der Waals surface area contributed by atoms with Gasteiger partial charge < -0.3 is 9.47 Å². The van der Waals surface area contributed by atoms with E-state index in [1.54, 1.807) is 12.1 Å². The number of hydrogen-bond acceptors (Lipinski definition) is 4. The Morgan fingerprint density at radius 3 is 2.50 bits per heavy atom. The first-order valence-corrected chi connectivity index (χ1v) is 7.18. The Bertz CT molecular complexity index is 443. The second-order valence-electron chi connectivity index (χ2n) is 5.36. The molecule has 2 atom stereocenters. The Kier molecular flexibility index (Phi) is 5.40. The molecule has 0 N–H and O–H groups in total. The van der Waals surface area contributed by atoms with E-state index in [9.17, 15) is 0 Å². The fraction of sp³-hybridized carbons (Fsp3) is 0.562. The van der Waals surface area contributed by atoms with E-state index in [0.717, 1.165) is 31.8 Å². The highest BCUT2D eigenvalue weighted by atomic mass is 16.5. The van der Waals surface area contributed by atoms with Crippen molar-refractivity contribution in [3.8, 4) is 11.8 Å². The van der Waals surface area contributed by atoms with Crippen molar-refractivity contribution >= 4 is 0 Å². The summed E-state index contributed by atoms with van der Waals surface area (Å²) in [5, 5.41) is 8.72. The summed E-state index contributed by atoms with van der Waals surface area (Å²) in [7, 11) is 0. The maximum atomic E-state index is 8.72. The fourth-order valence-corrected chi connectivity index (χ4v) is 2.57. The SMILES string of the molecule is C[C@@H]1CN(CCCOc2ccc(C#N)cc2)C[C@H](C)O1. The molecule has 0 amide bonds. The van der Waals surface area contributed by atoms with E-state index in [1.807, 2.05) is 12.1 Å². The van der Waals surface area contributed by atoms with Crippen molar-refractivity contribution in [2.24, 2.45) is 0 Å². The quantitative estimate of drug-likeness (QED) is 0.774. The van der Waals surface area contributed by atoms with Gasteiger partial charge in [0, 0.05) is 19.6 Å². The van der Waals surface area contributed by atoms with Gasteiger partial charge in [-0.05, 0) is 44.5 Å². The normalized spacial score (nSPS) is 23.2. The Balaban J connectivity index is 1.67. The van der Waals surface area contributed by atoms with Gasteiger partial charge in [-0.2, -0.15) is 5.26 Å². The molecule has 0 unspecified atom stereocenters. The molecule has 1 fully saturated rings. The van der Waals surface area contributed by atoms with Crippen LogP contribution in [-0.2, 0) is 4.74 Å². The first kappa shape index (κ1) is 14.8. The molecule has 0 bridgehead atoms. The first-order valence-electron chi connectivity index (χ1n) is 7.18. The van der Waals surface area contributed by atoms with Crippen molar-refractivity contribution in [2.75, 3.05) is 26.2 Å². The lowest BCUT2D eigenvalue weighted by Crippen LogP contribution is -2.45. The minimum absolute atomic E-state index is 0.318. The van der Waals surface area contributed by atoms with Crippen LogP contribution in [0.4, 0.5) is 0 Å². The van der Waals surface area contributed by atoms with Crippen LogP contribution in [0.1, 0.15) is 25.8 Å². The third-order valence-electron chi connectivity index (χ3n) is 3.37. The maximum absolute atomic E-state index is 8.72. The average Bonchev–Trinajstić information content (AvgIpc) is 2.43. The molecule has 1 saturated heterocycles. The van der Waals surface area contributed by atoms with Crippen molar-refractivity contribution in [1.82, 2.24) is 4.90 Å². The molecule has 0 saturated carbocycles. The minimum Gasteiger partial charge on any atom is -0.494 e. The zero-order valence-electron chi connectivity index (χ0n) is 12.2. The van der Waals surface area contributed by atoms with Crippen LogP contribution in [-0.4, -0.2) is 43.3 Å². The Morgan fingerprint density at radius 1 is 1.25 bits per heavy atom. The summed E-state index contributed by atoms with van der Waals surface area (Å²) in [5.41, 5.74) is 0.661. The molecule has 4 nitrogen and oxygen atoms in total. The van der Waals surface area contributed by atoms with Crippen LogP contribution in [0.5, 0.6) is 5.75 Å². The summed E-state index contributed by atoms with van der Waals surface area (Å²) in [6, 6.07) is 9.34. The molecule has 108 valence electrons. The van der Waals surface area contributed by atoms with Crippen molar-refractivity contribution < 1.29 is 9.47 Å². The van der Waals surface area contributed by atoms with Crippen LogP contribution in [0.2, 0.25) is 0 Å². The molecule has 0 aliphatic carbocycles. The molecular formula is C16H22N2O2. The van der Waals surface area contributed by atoms with Crippen LogP contribution in [0.15, 0.2) is 24.3 Å². The fourth-order valence-electron chi connectivity index (χ4n) is 2.57. The van der Waals surface area contributed by atoms with Crippen LogP contribution in [0.25, 0.3) is 0 Å². The summed E-state index contributed by atoms with van der Waals surface area (Å²) >= 11 is 0. The van der Waals surface area contributed by atoms with Gasteiger partial charge in [-0.15, -0.1) is 0 Å². The van der Waals surface area contributed by atoms with E-state index in [2.05, 4.69) is 24.8 Å². The predicted molar refractivity (Wildman–Crippen MR) is 77.7 cm³/mol. The van der Waals surface area contributed by atoms with Gasteiger partial charge in [0.25, 0.3) is 0 Å². The zero-order chi connectivity index (χ0) is 14.4. The van der Waals surface area contributed by atoms with Crippen LogP contribution in [0.3, 0.4) is 0 Å². The number of nitrogens with zero attached hydrogens (tertiary/aromatic N) is 2. The van der Waals surface area contributed by atoms with Gasteiger partial charge in [0.15, 0.2) is 0 Å². The number of morpholine rings is 1. The van der Waals surface area contributed by atoms with E-state index in [-0.39, 0.29) is 0 Å². The minimum atomic E-state index is 0.318. The number of ether oxygens (including phenoxy) is 2. The van der Waals surface area contributed by atoms with Gasteiger partial charge >= 0.3 is 0 Å². The summed E-state index contributed by atoms with van der Waals surface area (Å²) < 4.78 is 11.4. The number of rotatable bonds is 5. The van der Waals surface area contributed by atoms with E-state index in [4.69, 9.17) is 14.7 Å². The smallest absolute Gasteiger partial charge is 0.119 e. The second kappa shape index (κ2) is 7.28. The summed E-state index contributed by atoms with van der Waals surface area (Å²) in [6.45, 7) is 7.98. The van der Waals surface area contributed by atoms with E-state index in [1.165, 1.54) is 0 Å². The summed E-state index contributed by atoms with van der Waals surface area (Å²) in [5.74, 6) is 0.827. The Morgan fingerprint density at radius 2 is 1.90 bits per heavy atom. The van der Waals surface area contributed by atoms with E-state index < -0.39 is 0 Å². The highest BCUT2D eigenvalue weighted by molar-refractivity contribution is 5.34. The van der Waals surface area contributed by atoms with Gasteiger partial charge in [-0.1, -0.05) is 0 Å². The van der Waals surface area contributed by atoms with Crippen LogP contribution >= 0.6 is 0 Å². The van der Waals surface area contributed by atoms with Gasteiger partial charge in [-0.25, -0.2) is 0 Å². The van der Waals surface area contributed by atoms with Gasteiger partial charge in [0.05, 0.1) is 30.4 Å². The topological polar surface area (TPSA) is 45.5 Å². The summed E-state index contributed by atoms with van der Waals surface area (Å²) in [4.78, 5) is 2.43. The molecule has 1 aliphatic heterocycles. The first-order chi connectivity index (χ1) is 9.67. The third-order valence-corrected chi connectivity index (χ3v) is 3.37. The molecule has 0 aromatic heterocycles. The van der Waals surface area contributed by atoms with Gasteiger partial charge in [0.1, 0.15) is 5.75 Å². The largest absolute Gasteiger partial charge is 0.494 e. The predicted octanol–water partition coefficient (Wildman–Crippen LogP) is 2.44. The highest BCUT2D eigenvalue weighted by Gasteiger charge is 2.21. The van der Waals surface area contributed by atoms with Crippen molar-refractivity contribution in [3.05, 3.63) is 29.8 Å². The Labute approximate surface area is 120 Å². The van der Waals surface area contributed by atoms with E-state index in [0.29, 0.717) is 24.4 Å². The molecule has 1 aliphatic rings. The van der Waals surface area contributed by atoms with Crippen molar-refractivity contribution in [1.29, 1.82) is 5.26 Å². The van der Waals surface area contributed by atoms with E-state index >= 15 is 0 Å². The van der Waals surface area contributed by atoms with Crippen LogP contribution < -0.4 is 4.74 Å². The molecular weight excluding hydrogens is 252 g/mol. The number of hydrogen-bond donors (Lipinski definition) is 0. The lowest BCUT2D eigenvalue weighted by Gasteiger charge is -2.35. The lowest BCUT2D eigenvalue weighted by atomic mass is 10.2. The lowest BCUT2D eigenvalue weighted by molar-refractivity contribution is -0.0686. The zero-order valence-corrected chi connectivity index (χ0v) is 12.2. The molecule has 0 radical (unpaired) electrons. The Hall–Kier alpha value is -1.57. The number of nitriles is 1. The third kappa shape index (κ3) is 4.52. The van der Waals surface area contributed by atoms with Crippen LogP contribution in [0, 0.1) is 11.3 Å². The average molecular weight is 274 g/mol. The molecule has 1 heterocycles. The number of benzene rings is 1. The molecule has 1 aromatic carbocycles. The molecule has 1 aromatic rings.